The minimum atomic E-state index is 0.0243. The molecule has 0 fully saturated rings. The first-order valence-electron chi connectivity index (χ1n) is 4.11. The van der Waals surface area contributed by atoms with Gasteiger partial charge in [-0.1, -0.05) is 31.0 Å². The third-order valence-corrected chi connectivity index (χ3v) is 2.10. The number of hydrogen-bond acceptors (Lipinski definition) is 2. The van der Waals surface area contributed by atoms with Gasteiger partial charge in [0.1, 0.15) is 5.15 Å². The first-order valence-corrected chi connectivity index (χ1v) is 4.49. The Hall–Kier alpha value is -0.600. The standard InChI is InChI=1S/C9H13ClN2/c1-2-4-8(11)7-5-3-6-12-9(7)10/h3,5-6,8H,2,4,11H2,1H3/t8-/m0/s1. The molecule has 66 valence electrons. The van der Waals surface area contributed by atoms with Crippen LogP contribution in [0.2, 0.25) is 5.15 Å². The van der Waals surface area contributed by atoms with E-state index in [0.717, 1.165) is 18.4 Å². The van der Waals surface area contributed by atoms with E-state index in [4.69, 9.17) is 17.3 Å². The van der Waals surface area contributed by atoms with Crippen LogP contribution in [0.3, 0.4) is 0 Å². The summed E-state index contributed by atoms with van der Waals surface area (Å²) in [5, 5.41) is 0.526. The van der Waals surface area contributed by atoms with Crippen molar-refractivity contribution in [1.29, 1.82) is 0 Å². The quantitative estimate of drug-likeness (QED) is 0.734. The lowest BCUT2D eigenvalue weighted by Gasteiger charge is -2.10. The van der Waals surface area contributed by atoms with Gasteiger partial charge in [0.05, 0.1) is 0 Å². The highest BCUT2D eigenvalue weighted by Gasteiger charge is 2.08. The summed E-state index contributed by atoms with van der Waals surface area (Å²) in [5.74, 6) is 0. The van der Waals surface area contributed by atoms with E-state index in [0.29, 0.717) is 5.15 Å². The van der Waals surface area contributed by atoms with Crippen molar-refractivity contribution in [3.05, 3.63) is 29.0 Å². The minimum Gasteiger partial charge on any atom is -0.324 e. The Morgan fingerprint density at radius 2 is 2.42 bits per heavy atom. The lowest BCUT2D eigenvalue weighted by atomic mass is 10.1. The molecule has 0 aromatic carbocycles. The molecule has 1 rings (SSSR count). The lowest BCUT2D eigenvalue weighted by molar-refractivity contribution is 0.636. The van der Waals surface area contributed by atoms with Gasteiger partial charge in [0.2, 0.25) is 0 Å². The van der Waals surface area contributed by atoms with Crippen LogP contribution >= 0.6 is 11.6 Å². The zero-order valence-electron chi connectivity index (χ0n) is 7.13. The Kier molecular flexibility index (Phi) is 3.50. The van der Waals surface area contributed by atoms with Gasteiger partial charge in [0, 0.05) is 17.8 Å². The third kappa shape index (κ3) is 2.19. The van der Waals surface area contributed by atoms with Crippen molar-refractivity contribution < 1.29 is 0 Å². The number of pyridine rings is 1. The Labute approximate surface area is 77.8 Å². The maximum absolute atomic E-state index is 5.88. The van der Waals surface area contributed by atoms with Crippen LogP contribution in [0.1, 0.15) is 31.4 Å². The molecule has 3 heteroatoms. The van der Waals surface area contributed by atoms with Crippen LogP contribution in [0.5, 0.6) is 0 Å². The van der Waals surface area contributed by atoms with Gasteiger partial charge in [-0.2, -0.15) is 0 Å². The third-order valence-electron chi connectivity index (χ3n) is 1.79. The van der Waals surface area contributed by atoms with Gasteiger partial charge in [-0.3, -0.25) is 0 Å². The van der Waals surface area contributed by atoms with Crippen molar-refractivity contribution >= 4 is 11.6 Å². The summed E-state index contributed by atoms with van der Waals surface area (Å²) < 4.78 is 0. The molecule has 12 heavy (non-hydrogen) atoms. The normalized spacial score (nSPS) is 12.9. The van der Waals surface area contributed by atoms with E-state index < -0.39 is 0 Å². The predicted octanol–water partition coefficient (Wildman–Crippen LogP) is 2.53. The minimum absolute atomic E-state index is 0.0243. The fraction of sp³-hybridized carbons (Fsp3) is 0.444. The highest BCUT2D eigenvalue weighted by atomic mass is 35.5. The summed E-state index contributed by atoms with van der Waals surface area (Å²) in [6, 6.07) is 3.81. The van der Waals surface area contributed by atoms with Crippen LogP contribution in [0.4, 0.5) is 0 Å². The maximum Gasteiger partial charge on any atom is 0.133 e. The average molecular weight is 185 g/mol. The van der Waals surface area contributed by atoms with Crippen molar-refractivity contribution in [2.24, 2.45) is 5.73 Å². The SMILES string of the molecule is CCC[C@H](N)c1cccnc1Cl. The molecule has 0 aliphatic heterocycles. The number of halogens is 1. The fourth-order valence-corrected chi connectivity index (χ4v) is 1.40. The number of aromatic nitrogens is 1. The summed E-state index contributed by atoms with van der Waals surface area (Å²) in [6.45, 7) is 2.10. The van der Waals surface area contributed by atoms with E-state index in [2.05, 4.69) is 11.9 Å². The van der Waals surface area contributed by atoms with Crippen molar-refractivity contribution in [3.8, 4) is 0 Å². The topological polar surface area (TPSA) is 38.9 Å². The molecule has 0 bridgehead atoms. The summed E-state index contributed by atoms with van der Waals surface area (Å²) in [6.07, 6.45) is 3.68. The molecule has 0 amide bonds. The summed E-state index contributed by atoms with van der Waals surface area (Å²) >= 11 is 5.86. The molecule has 0 saturated carbocycles. The van der Waals surface area contributed by atoms with Gasteiger partial charge < -0.3 is 5.73 Å². The van der Waals surface area contributed by atoms with E-state index in [-0.39, 0.29) is 6.04 Å². The van der Waals surface area contributed by atoms with Crippen LogP contribution in [-0.4, -0.2) is 4.98 Å². The van der Waals surface area contributed by atoms with E-state index in [1.165, 1.54) is 0 Å². The average Bonchev–Trinajstić information content (AvgIpc) is 2.05. The highest BCUT2D eigenvalue weighted by molar-refractivity contribution is 6.30. The van der Waals surface area contributed by atoms with Gasteiger partial charge in [-0.15, -0.1) is 0 Å². The molecule has 0 unspecified atom stereocenters. The summed E-state index contributed by atoms with van der Waals surface area (Å²) in [7, 11) is 0. The molecule has 0 spiro atoms. The van der Waals surface area contributed by atoms with Crippen molar-refractivity contribution in [2.45, 2.75) is 25.8 Å². The first kappa shape index (κ1) is 9.49. The van der Waals surface area contributed by atoms with Crippen LogP contribution in [0.25, 0.3) is 0 Å². The van der Waals surface area contributed by atoms with Crippen LogP contribution in [0, 0.1) is 0 Å². The molecule has 0 aliphatic carbocycles. The zero-order valence-corrected chi connectivity index (χ0v) is 7.88. The van der Waals surface area contributed by atoms with Gasteiger partial charge in [0.15, 0.2) is 0 Å². The van der Waals surface area contributed by atoms with Crippen molar-refractivity contribution in [3.63, 3.8) is 0 Å². The van der Waals surface area contributed by atoms with Crippen LogP contribution in [0.15, 0.2) is 18.3 Å². The molecular formula is C9H13ClN2. The molecule has 2 N–H and O–H groups in total. The van der Waals surface area contributed by atoms with Crippen LogP contribution in [-0.2, 0) is 0 Å². The summed E-state index contributed by atoms with van der Waals surface area (Å²) in [5.41, 5.74) is 6.83. The van der Waals surface area contributed by atoms with Gasteiger partial charge >= 0.3 is 0 Å². The van der Waals surface area contributed by atoms with Gasteiger partial charge in [-0.25, -0.2) is 4.98 Å². The molecule has 1 aromatic heterocycles. The summed E-state index contributed by atoms with van der Waals surface area (Å²) in [4.78, 5) is 3.97. The predicted molar refractivity (Wildman–Crippen MR) is 51.1 cm³/mol. The van der Waals surface area contributed by atoms with Crippen LogP contribution < -0.4 is 5.73 Å². The fourth-order valence-electron chi connectivity index (χ4n) is 1.14. The van der Waals surface area contributed by atoms with E-state index in [9.17, 15) is 0 Å². The molecule has 0 aliphatic rings. The largest absolute Gasteiger partial charge is 0.324 e. The highest BCUT2D eigenvalue weighted by Crippen LogP contribution is 2.21. The smallest absolute Gasteiger partial charge is 0.133 e. The molecule has 1 aromatic rings. The van der Waals surface area contributed by atoms with E-state index >= 15 is 0 Å². The molecule has 2 nitrogen and oxygen atoms in total. The Bertz CT molecular complexity index is 250. The Morgan fingerprint density at radius 3 is 3.00 bits per heavy atom. The zero-order chi connectivity index (χ0) is 8.97. The van der Waals surface area contributed by atoms with E-state index in [1.807, 2.05) is 12.1 Å². The van der Waals surface area contributed by atoms with Crippen molar-refractivity contribution in [1.82, 2.24) is 4.98 Å². The van der Waals surface area contributed by atoms with Gasteiger partial charge in [-0.05, 0) is 12.5 Å². The number of nitrogens with zero attached hydrogens (tertiary/aromatic N) is 1. The number of hydrogen-bond donors (Lipinski definition) is 1. The second-order valence-corrected chi connectivity index (χ2v) is 3.14. The second kappa shape index (κ2) is 4.43. The first-order chi connectivity index (χ1) is 5.75. The van der Waals surface area contributed by atoms with Gasteiger partial charge in [0.25, 0.3) is 0 Å². The van der Waals surface area contributed by atoms with Crippen molar-refractivity contribution in [2.75, 3.05) is 0 Å². The number of nitrogens with two attached hydrogens (primary N) is 1. The molecule has 1 heterocycles. The van der Waals surface area contributed by atoms with E-state index in [1.54, 1.807) is 6.20 Å². The molecule has 1 atom stereocenters. The Morgan fingerprint density at radius 1 is 1.67 bits per heavy atom. The maximum atomic E-state index is 5.88. The second-order valence-electron chi connectivity index (χ2n) is 2.78. The Balaban J connectivity index is 2.79. The monoisotopic (exact) mass is 184 g/mol. The molecule has 0 radical (unpaired) electrons. The lowest BCUT2D eigenvalue weighted by Crippen LogP contribution is -2.10. The molecular weight excluding hydrogens is 172 g/mol. The number of rotatable bonds is 3. The molecule has 0 saturated heterocycles.